The highest BCUT2D eigenvalue weighted by atomic mass is 16.5. The van der Waals surface area contributed by atoms with Gasteiger partial charge >= 0.3 is 5.97 Å². The SMILES string of the molecule is CCOC(=O)[C@]1(C)N[C@@H](c2ccc(N(C)C)cc2)[C@H]2C(=O)N(CC)C(=O)[C@H]21. The summed E-state index contributed by atoms with van der Waals surface area (Å²) in [6, 6.07) is 7.38. The van der Waals surface area contributed by atoms with Crippen molar-refractivity contribution in [3.8, 4) is 0 Å². The molecule has 0 unspecified atom stereocenters. The van der Waals surface area contributed by atoms with Crippen molar-refractivity contribution in [1.29, 1.82) is 0 Å². The fourth-order valence-electron chi connectivity index (χ4n) is 4.25. The summed E-state index contributed by atoms with van der Waals surface area (Å²) < 4.78 is 5.23. The second-order valence-corrected chi connectivity index (χ2v) is 7.45. The summed E-state index contributed by atoms with van der Waals surface area (Å²) in [7, 11) is 3.91. The smallest absolute Gasteiger partial charge is 0.326 e. The number of carbonyl (C=O) groups is 3. The number of hydrogen-bond acceptors (Lipinski definition) is 6. The van der Waals surface area contributed by atoms with Crippen LogP contribution in [-0.4, -0.2) is 55.5 Å². The predicted molar refractivity (Wildman–Crippen MR) is 101 cm³/mol. The third-order valence-corrected chi connectivity index (χ3v) is 5.66. The van der Waals surface area contributed by atoms with Gasteiger partial charge in [0.25, 0.3) is 0 Å². The summed E-state index contributed by atoms with van der Waals surface area (Å²) in [5.74, 6) is -2.40. The van der Waals surface area contributed by atoms with Crippen LogP contribution in [0.2, 0.25) is 0 Å². The van der Waals surface area contributed by atoms with Gasteiger partial charge in [0.1, 0.15) is 5.54 Å². The van der Waals surface area contributed by atoms with Crippen molar-refractivity contribution in [2.24, 2.45) is 11.8 Å². The first-order chi connectivity index (χ1) is 12.8. The minimum Gasteiger partial charge on any atom is -0.465 e. The molecule has 0 aliphatic carbocycles. The fourth-order valence-corrected chi connectivity index (χ4v) is 4.25. The third-order valence-electron chi connectivity index (χ3n) is 5.66. The van der Waals surface area contributed by atoms with E-state index in [-0.39, 0.29) is 18.4 Å². The maximum Gasteiger partial charge on any atom is 0.326 e. The average Bonchev–Trinajstić information content (AvgIpc) is 3.09. The summed E-state index contributed by atoms with van der Waals surface area (Å²) in [4.78, 5) is 41.8. The molecule has 2 saturated heterocycles. The third kappa shape index (κ3) is 2.90. The second-order valence-electron chi connectivity index (χ2n) is 7.45. The fraction of sp³-hybridized carbons (Fsp3) is 0.550. The number of ether oxygens (including phenoxy) is 1. The van der Waals surface area contributed by atoms with Gasteiger partial charge in [-0.3, -0.25) is 24.6 Å². The van der Waals surface area contributed by atoms with Crippen LogP contribution < -0.4 is 10.2 Å². The van der Waals surface area contributed by atoms with Crippen LogP contribution in [0.3, 0.4) is 0 Å². The Hall–Kier alpha value is -2.41. The molecule has 3 rings (SSSR count). The Labute approximate surface area is 159 Å². The number of imide groups is 1. The molecule has 0 aromatic heterocycles. The topological polar surface area (TPSA) is 79.0 Å². The number of hydrogen-bond donors (Lipinski definition) is 1. The number of fused-ring (bicyclic) bond motifs is 1. The van der Waals surface area contributed by atoms with E-state index < -0.39 is 29.4 Å². The van der Waals surface area contributed by atoms with E-state index in [1.807, 2.05) is 43.3 Å². The molecular formula is C20H27N3O4. The van der Waals surface area contributed by atoms with E-state index in [1.165, 1.54) is 4.90 Å². The van der Waals surface area contributed by atoms with Crippen LogP contribution in [-0.2, 0) is 19.1 Å². The molecule has 0 bridgehead atoms. The van der Waals surface area contributed by atoms with E-state index in [9.17, 15) is 14.4 Å². The maximum atomic E-state index is 13.0. The van der Waals surface area contributed by atoms with Gasteiger partial charge in [-0.1, -0.05) is 12.1 Å². The van der Waals surface area contributed by atoms with Gasteiger partial charge in [-0.2, -0.15) is 0 Å². The van der Waals surface area contributed by atoms with Gasteiger partial charge in [0, 0.05) is 32.4 Å². The first-order valence-corrected chi connectivity index (χ1v) is 9.33. The summed E-state index contributed by atoms with van der Waals surface area (Å²) in [5.41, 5.74) is 0.676. The Morgan fingerprint density at radius 3 is 2.33 bits per heavy atom. The molecule has 7 nitrogen and oxygen atoms in total. The second kappa shape index (κ2) is 6.96. The molecule has 1 aromatic carbocycles. The molecule has 7 heteroatoms. The molecule has 2 aliphatic heterocycles. The number of nitrogens with one attached hydrogen (secondary N) is 1. The van der Waals surface area contributed by atoms with Gasteiger partial charge in [-0.15, -0.1) is 0 Å². The number of esters is 1. The van der Waals surface area contributed by atoms with Gasteiger partial charge in [0.15, 0.2) is 0 Å². The normalized spacial score (nSPS) is 29.8. The Bertz CT molecular complexity index is 761. The summed E-state index contributed by atoms with van der Waals surface area (Å²) in [6.07, 6.45) is 0. The Morgan fingerprint density at radius 2 is 1.81 bits per heavy atom. The number of amides is 2. The van der Waals surface area contributed by atoms with Crippen LogP contribution in [0.4, 0.5) is 5.69 Å². The molecule has 2 amide bonds. The lowest BCUT2D eigenvalue weighted by molar-refractivity contribution is -0.155. The number of anilines is 1. The number of rotatable bonds is 5. The largest absolute Gasteiger partial charge is 0.465 e. The minimum atomic E-state index is -1.23. The van der Waals surface area contributed by atoms with Gasteiger partial charge < -0.3 is 9.64 Å². The van der Waals surface area contributed by atoms with Crippen LogP contribution >= 0.6 is 0 Å². The van der Waals surface area contributed by atoms with Crippen LogP contribution in [0.25, 0.3) is 0 Å². The van der Waals surface area contributed by atoms with Crippen LogP contribution in [0, 0.1) is 11.8 Å². The highest BCUT2D eigenvalue weighted by Crippen LogP contribution is 2.49. The molecule has 0 spiro atoms. The molecule has 2 heterocycles. The van der Waals surface area contributed by atoms with Gasteiger partial charge in [-0.05, 0) is 38.5 Å². The van der Waals surface area contributed by atoms with E-state index in [4.69, 9.17) is 4.74 Å². The molecule has 1 N–H and O–H groups in total. The van der Waals surface area contributed by atoms with Crippen molar-refractivity contribution < 1.29 is 19.1 Å². The summed E-state index contributed by atoms with van der Waals surface area (Å²) in [6.45, 7) is 5.68. The molecule has 2 aliphatic rings. The Kier molecular flexibility index (Phi) is 4.99. The number of likely N-dealkylation sites (tertiary alicyclic amines) is 1. The molecule has 0 saturated carbocycles. The van der Waals surface area contributed by atoms with E-state index in [0.717, 1.165) is 11.3 Å². The van der Waals surface area contributed by atoms with E-state index in [0.29, 0.717) is 6.54 Å². The predicted octanol–water partition coefficient (Wildman–Crippen LogP) is 1.34. The maximum absolute atomic E-state index is 13.0. The first-order valence-electron chi connectivity index (χ1n) is 9.33. The zero-order chi connectivity index (χ0) is 19.9. The van der Waals surface area contributed by atoms with Crippen molar-refractivity contribution in [2.45, 2.75) is 32.4 Å². The van der Waals surface area contributed by atoms with E-state index in [1.54, 1.807) is 20.8 Å². The van der Waals surface area contributed by atoms with Gasteiger partial charge in [-0.25, -0.2) is 0 Å². The summed E-state index contributed by atoms with van der Waals surface area (Å²) >= 11 is 0. The van der Waals surface area contributed by atoms with Crippen molar-refractivity contribution >= 4 is 23.5 Å². The molecule has 0 radical (unpaired) electrons. The molecular weight excluding hydrogens is 346 g/mol. The number of carbonyl (C=O) groups excluding carboxylic acids is 3. The quantitative estimate of drug-likeness (QED) is 0.620. The van der Waals surface area contributed by atoms with Crippen molar-refractivity contribution in [3.05, 3.63) is 29.8 Å². The van der Waals surface area contributed by atoms with Crippen molar-refractivity contribution in [1.82, 2.24) is 10.2 Å². The van der Waals surface area contributed by atoms with Crippen LogP contribution in [0.1, 0.15) is 32.4 Å². The molecule has 4 atom stereocenters. The molecule has 2 fully saturated rings. The average molecular weight is 373 g/mol. The standard InChI is InChI=1S/C20H27N3O4/c1-6-23-17(24)14-15(18(23)25)20(3,19(26)27-7-2)21-16(14)12-8-10-13(11-9-12)22(4)5/h8-11,14-16,21H,6-7H2,1-5H3/t14-,15-,16-,20+/m0/s1. The lowest BCUT2D eigenvalue weighted by atomic mass is 9.80. The number of nitrogens with zero attached hydrogens (tertiary/aromatic N) is 2. The van der Waals surface area contributed by atoms with Crippen molar-refractivity contribution in [3.63, 3.8) is 0 Å². The Morgan fingerprint density at radius 1 is 1.19 bits per heavy atom. The van der Waals surface area contributed by atoms with Gasteiger partial charge in [0.05, 0.1) is 18.4 Å². The van der Waals surface area contributed by atoms with E-state index in [2.05, 4.69) is 5.32 Å². The van der Waals surface area contributed by atoms with Crippen molar-refractivity contribution in [2.75, 3.05) is 32.1 Å². The van der Waals surface area contributed by atoms with E-state index >= 15 is 0 Å². The highest BCUT2D eigenvalue weighted by Gasteiger charge is 2.66. The summed E-state index contributed by atoms with van der Waals surface area (Å²) in [5, 5.41) is 3.27. The first kappa shape index (κ1) is 19.4. The Balaban J connectivity index is 2.04. The molecule has 27 heavy (non-hydrogen) atoms. The molecule has 1 aromatic rings. The molecule has 146 valence electrons. The number of benzene rings is 1. The van der Waals surface area contributed by atoms with Gasteiger partial charge in [0.2, 0.25) is 11.8 Å². The van der Waals surface area contributed by atoms with Crippen LogP contribution in [0.15, 0.2) is 24.3 Å². The monoisotopic (exact) mass is 373 g/mol. The lowest BCUT2D eigenvalue weighted by Gasteiger charge is -2.29. The highest BCUT2D eigenvalue weighted by molar-refractivity contribution is 6.09. The van der Waals surface area contributed by atoms with Crippen LogP contribution in [0.5, 0.6) is 0 Å². The minimum absolute atomic E-state index is 0.218. The zero-order valence-corrected chi connectivity index (χ0v) is 16.5. The zero-order valence-electron chi connectivity index (χ0n) is 16.5. The lowest BCUT2D eigenvalue weighted by Crippen LogP contribution is -2.54.